The van der Waals surface area contributed by atoms with E-state index >= 15 is 0 Å². The zero-order valence-electron chi connectivity index (χ0n) is 14.4. The first kappa shape index (κ1) is 17.8. The van der Waals surface area contributed by atoms with E-state index < -0.39 is 5.97 Å². The van der Waals surface area contributed by atoms with Gasteiger partial charge in [-0.3, -0.25) is 4.79 Å². The van der Waals surface area contributed by atoms with E-state index in [-0.39, 0.29) is 6.42 Å². The van der Waals surface area contributed by atoms with E-state index in [9.17, 15) is 4.79 Å². The second-order valence-electron chi connectivity index (χ2n) is 6.16. The summed E-state index contributed by atoms with van der Waals surface area (Å²) >= 11 is 0. The van der Waals surface area contributed by atoms with Gasteiger partial charge in [0.05, 0.1) is 36.2 Å². The van der Waals surface area contributed by atoms with Crippen molar-refractivity contribution in [1.82, 2.24) is 0 Å². The molecule has 0 aromatic heterocycles. The summed E-state index contributed by atoms with van der Waals surface area (Å²) in [5, 5.41) is 21.3. The average molecular weight is 351 g/mol. The Morgan fingerprint density at radius 1 is 1.19 bits per heavy atom. The molecule has 0 unspecified atom stereocenters. The zero-order chi connectivity index (χ0) is 18.4. The van der Waals surface area contributed by atoms with Crippen LogP contribution >= 0.6 is 0 Å². The second-order valence-corrected chi connectivity index (χ2v) is 6.16. The Morgan fingerprint density at radius 3 is 2.58 bits per heavy atom. The molecule has 6 nitrogen and oxygen atoms in total. The maximum Gasteiger partial charge on any atom is 0.303 e. The summed E-state index contributed by atoms with van der Waals surface area (Å²) in [4.78, 5) is 13.1. The number of aliphatic carboxylic acids is 1. The van der Waals surface area contributed by atoms with Gasteiger partial charge in [0.1, 0.15) is 0 Å². The molecule has 0 saturated carbocycles. The summed E-state index contributed by atoms with van der Waals surface area (Å²) < 4.78 is 5.44. The Bertz CT molecular complexity index is 806. The fourth-order valence-electron chi connectivity index (χ4n) is 2.95. The van der Waals surface area contributed by atoms with E-state index in [4.69, 9.17) is 15.1 Å². The van der Waals surface area contributed by atoms with Gasteiger partial charge in [-0.2, -0.15) is 5.26 Å². The molecule has 1 fully saturated rings. The molecule has 0 aliphatic carbocycles. The Labute approximate surface area is 152 Å². The van der Waals surface area contributed by atoms with E-state index in [1.165, 1.54) is 0 Å². The highest BCUT2D eigenvalue weighted by Crippen LogP contribution is 2.31. The number of nitriles is 1. The Morgan fingerprint density at radius 2 is 1.92 bits per heavy atom. The fraction of sp³-hybridized carbons (Fsp3) is 0.300. The van der Waals surface area contributed by atoms with Crippen molar-refractivity contribution >= 4 is 23.0 Å². The standard InChI is InChI=1S/C20H21N3O3/c21-14-16-1-5-17(6-2-16)22-18-13-15(4-8-20(24)25)3-7-19(18)23-9-11-26-12-10-23/h1-3,5-7,13,22H,4,8-12H2,(H,24,25). The van der Waals surface area contributed by atoms with Crippen molar-refractivity contribution in [2.75, 3.05) is 36.5 Å². The SMILES string of the molecule is N#Cc1ccc(Nc2cc(CCC(=O)O)ccc2N2CCOCC2)cc1. The number of ether oxygens (including phenoxy) is 1. The number of hydrogen-bond acceptors (Lipinski definition) is 5. The van der Waals surface area contributed by atoms with Crippen LogP contribution in [0.4, 0.5) is 17.1 Å². The summed E-state index contributed by atoms with van der Waals surface area (Å²) in [5.74, 6) is -0.802. The minimum absolute atomic E-state index is 0.104. The predicted molar refractivity (Wildman–Crippen MR) is 99.9 cm³/mol. The van der Waals surface area contributed by atoms with Crippen molar-refractivity contribution < 1.29 is 14.6 Å². The lowest BCUT2D eigenvalue weighted by Gasteiger charge is -2.31. The molecule has 1 aliphatic heterocycles. The first-order valence-corrected chi connectivity index (χ1v) is 8.60. The molecular formula is C20H21N3O3. The van der Waals surface area contributed by atoms with Gasteiger partial charge in [-0.1, -0.05) is 6.07 Å². The fourth-order valence-corrected chi connectivity index (χ4v) is 2.95. The number of carbonyl (C=O) groups is 1. The molecule has 1 aliphatic rings. The summed E-state index contributed by atoms with van der Waals surface area (Å²) in [5.41, 5.74) is 4.46. The van der Waals surface area contributed by atoms with Crippen LogP contribution in [0.3, 0.4) is 0 Å². The van der Waals surface area contributed by atoms with Crippen LogP contribution in [0.1, 0.15) is 17.5 Å². The molecule has 26 heavy (non-hydrogen) atoms. The van der Waals surface area contributed by atoms with Crippen LogP contribution in [0.2, 0.25) is 0 Å². The summed E-state index contributed by atoms with van der Waals surface area (Å²) in [7, 11) is 0. The quantitative estimate of drug-likeness (QED) is 0.831. The minimum Gasteiger partial charge on any atom is -0.481 e. The van der Waals surface area contributed by atoms with Crippen molar-refractivity contribution in [1.29, 1.82) is 5.26 Å². The van der Waals surface area contributed by atoms with Crippen molar-refractivity contribution in [3.63, 3.8) is 0 Å². The van der Waals surface area contributed by atoms with E-state index in [2.05, 4.69) is 16.3 Å². The molecule has 134 valence electrons. The smallest absolute Gasteiger partial charge is 0.303 e. The van der Waals surface area contributed by atoms with Gasteiger partial charge in [-0.05, 0) is 48.4 Å². The molecule has 2 aromatic carbocycles. The monoisotopic (exact) mass is 351 g/mol. The van der Waals surface area contributed by atoms with Crippen LogP contribution in [0.25, 0.3) is 0 Å². The van der Waals surface area contributed by atoms with Crippen LogP contribution in [-0.2, 0) is 16.0 Å². The first-order valence-electron chi connectivity index (χ1n) is 8.60. The summed E-state index contributed by atoms with van der Waals surface area (Å²) in [6, 6.07) is 15.4. The van der Waals surface area contributed by atoms with Crippen LogP contribution in [0.5, 0.6) is 0 Å². The molecule has 3 rings (SSSR count). The lowest BCUT2D eigenvalue weighted by molar-refractivity contribution is -0.136. The third kappa shape index (κ3) is 4.52. The maximum atomic E-state index is 10.9. The molecule has 2 aromatic rings. The van der Waals surface area contributed by atoms with Gasteiger partial charge in [0, 0.05) is 25.2 Å². The molecule has 1 heterocycles. The first-order chi connectivity index (χ1) is 12.7. The van der Waals surface area contributed by atoms with Gasteiger partial charge in [0.25, 0.3) is 0 Å². The maximum absolute atomic E-state index is 10.9. The molecule has 0 radical (unpaired) electrons. The Balaban J connectivity index is 1.87. The zero-order valence-corrected chi connectivity index (χ0v) is 14.4. The molecule has 1 saturated heterocycles. The van der Waals surface area contributed by atoms with Crippen LogP contribution in [-0.4, -0.2) is 37.4 Å². The molecule has 0 amide bonds. The number of carboxylic acids is 1. The molecule has 0 atom stereocenters. The largest absolute Gasteiger partial charge is 0.481 e. The minimum atomic E-state index is -0.802. The molecule has 2 N–H and O–H groups in total. The van der Waals surface area contributed by atoms with Gasteiger partial charge in [-0.15, -0.1) is 0 Å². The lowest BCUT2D eigenvalue weighted by atomic mass is 10.1. The van der Waals surface area contributed by atoms with Crippen LogP contribution in [0, 0.1) is 11.3 Å². The third-order valence-corrected chi connectivity index (χ3v) is 4.33. The van der Waals surface area contributed by atoms with Gasteiger partial charge < -0.3 is 20.1 Å². The topological polar surface area (TPSA) is 85.6 Å². The molecule has 6 heteroatoms. The molecule has 0 bridgehead atoms. The van der Waals surface area contributed by atoms with Crippen molar-refractivity contribution in [2.45, 2.75) is 12.8 Å². The number of nitrogens with zero attached hydrogens (tertiary/aromatic N) is 2. The number of carboxylic acid groups (broad SMARTS) is 1. The van der Waals surface area contributed by atoms with E-state index in [0.29, 0.717) is 25.2 Å². The highest BCUT2D eigenvalue weighted by Gasteiger charge is 2.16. The predicted octanol–water partition coefficient (Wildman–Crippen LogP) is 3.16. The van der Waals surface area contributed by atoms with Gasteiger partial charge in [0.2, 0.25) is 0 Å². The number of rotatable bonds is 6. The van der Waals surface area contributed by atoms with E-state index in [1.54, 1.807) is 12.1 Å². The van der Waals surface area contributed by atoms with E-state index in [0.717, 1.165) is 35.7 Å². The molecular weight excluding hydrogens is 330 g/mol. The van der Waals surface area contributed by atoms with E-state index in [1.807, 2.05) is 30.3 Å². The number of aryl methyl sites for hydroxylation is 1. The number of hydrogen-bond donors (Lipinski definition) is 2. The number of morpholine rings is 1. The number of benzene rings is 2. The van der Waals surface area contributed by atoms with Crippen molar-refractivity contribution in [3.8, 4) is 6.07 Å². The Kier molecular flexibility index (Phi) is 5.72. The average Bonchev–Trinajstić information content (AvgIpc) is 2.68. The van der Waals surface area contributed by atoms with Gasteiger partial charge >= 0.3 is 5.97 Å². The van der Waals surface area contributed by atoms with Gasteiger partial charge in [-0.25, -0.2) is 0 Å². The summed E-state index contributed by atoms with van der Waals surface area (Å²) in [6.45, 7) is 3.02. The number of nitrogens with one attached hydrogen (secondary N) is 1. The third-order valence-electron chi connectivity index (χ3n) is 4.33. The van der Waals surface area contributed by atoms with Crippen LogP contribution in [0.15, 0.2) is 42.5 Å². The van der Waals surface area contributed by atoms with Gasteiger partial charge in [0.15, 0.2) is 0 Å². The van der Waals surface area contributed by atoms with Crippen molar-refractivity contribution in [2.24, 2.45) is 0 Å². The number of anilines is 3. The lowest BCUT2D eigenvalue weighted by Crippen LogP contribution is -2.36. The van der Waals surface area contributed by atoms with Crippen LogP contribution < -0.4 is 10.2 Å². The summed E-state index contributed by atoms with van der Waals surface area (Å²) in [6.07, 6.45) is 0.591. The highest BCUT2D eigenvalue weighted by molar-refractivity contribution is 5.76. The Hall–Kier alpha value is -3.04. The highest BCUT2D eigenvalue weighted by atomic mass is 16.5. The van der Waals surface area contributed by atoms with Crippen molar-refractivity contribution in [3.05, 3.63) is 53.6 Å². The molecule has 0 spiro atoms. The normalized spacial score (nSPS) is 13.9. The second kappa shape index (κ2) is 8.37.